The average Bonchev–Trinajstić information content (AvgIpc) is 2.97. The van der Waals surface area contributed by atoms with Crippen molar-refractivity contribution in [3.8, 4) is 40.1 Å². The summed E-state index contributed by atoms with van der Waals surface area (Å²) in [5.74, 6) is -3.14. The van der Waals surface area contributed by atoms with Gasteiger partial charge >= 0.3 is 0 Å². The van der Waals surface area contributed by atoms with Crippen molar-refractivity contribution in [2.45, 2.75) is 68.3 Å². The van der Waals surface area contributed by atoms with Crippen molar-refractivity contribution in [3.05, 3.63) is 40.6 Å². The molecule has 43 heavy (non-hydrogen) atoms. The molecule has 2 saturated heterocycles. The molecule has 5 rings (SSSR count). The molecule has 2 aliphatic rings. The highest BCUT2D eigenvalue weighted by Crippen LogP contribution is 2.40. The van der Waals surface area contributed by atoms with Crippen LogP contribution in [0.2, 0.25) is 0 Å². The number of fused-ring (bicyclic) bond motifs is 1. The van der Waals surface area contributed by atoms with E-state index in [-0.39, 0.29) is 16.9 Å². The molecule has 2 aliphatic heterocycles. The van der Waals surface area contributed by atoms with Crippen LogP contribution < -0.4 is 14.9 Å². The van der Waals surface area contributed by atoms with Crippen LogP contribution in [0.5, 0.6) is 28.7 Å². The van der Waals surface area contributed by atoms with Crippen molar-refractivity contribution in [1.82, 2.24) is 0 Å². The van der Waals surface area contributed by atoms with Crippen LogP contribution in [-0.2, 0) is 9.47 Å². The van der Waals surface area contributed by atoms with Crippen LogP contribution in [0.25, 0.3) is 22.3 Å². The van der Waals surface area contributed by atoms with Gasteiger partial charge in [0.2, 0.25) is 23.8 Å². The molecule has 0 radical (unpaired) electrons. The summed E-state index contributed by atoms with van der Waals surface area (Å²) in [6, 6.07) is 5.43. The van der Waals surface area contributed by atoms with E-state index in [2.05, 4.69) is 0 Å². The summed E-state index contributed by atoms with van der Waals surface area (Å²) in [5.41, 5.74) is -1.40. The Morgan fingerprint density at radius 1 is 0.744 bits per heavy atom. The van der Waals surface area contributed by atoms with Crippen LogP contribution in [0.4, 0.5) is 0 Å². The van der Waals surface area contributed by atoms with Crippen LogP contribution in [-0.4, -0.2) is 119 Å². The summed E-state index contributed by atoms with van der Waals surface area (Å²) in [6.45, 7) is 0.650. The molecule has 16 heteroatoms. The number of rotatable bonds is 6. The Morgan fingerprint density at radius 3 is 2.05 bits per heavy atom. The maximum Gasteiger partial charge on any atom is 0.239 e. The largest absolute Gasteiger partial charge is 0.507 e. The zero-order chi connectivity index (χ0) is 31.3. The Labute approximate surface area is 241 Å². The van der Waals surface area contributed by atoms with Crippen molar-refractivity contribution in [1.29, 1.82) is 0 Å². The molecule has 3 aromatic rings. The summed E-state index contributed by atoms with van der Waals surface area (Å²) < 4.78 is 27.8. The van der Waals surface area contributed by atoms with Gasteiger partial charge < -0.3 is 74.4 Å². The molecule has 2 aromatic carbocycles. The summed E-state index contributed by atoms with van der Waals surface area (Å²) in [4.78, 5) is 13.7. The third-order valence-corrected chi connectivity index (χ3v) is 7.29. The number of phenols is 3. The van der Waals surface area contributed by atoms with E-state index in [1.54, 1.807) is 0 Å². The monoisotopic (exact) mass is 610 g/mol. The van der Waals surface area contributed by atoms with Crippen LogP contribution in [0.15, 0.2) is 39.5 Å². The number of ether oxygens (including phenoxy) is 4. The molecule has 10 N–H and O–H groups in total. The van der Waals surface area contributed by atoms with Gasteiger partial charge in [-0.05, 0) is 25.1 Å². The van der Waals surface area contributed by atoms with Crippen molar-refractivity contribution in [2.24, 2.45) is 0 Å². The Balaban J connectivity index is 1.61. The Morgan fingerprint density at radius 2 is 1.40 bits per heavy atom. The van der Waals surface area contributed by atoms with Gasteiger partial charge in [0.1, 0.15) is 65.2 Å². The quantitative estimate of drug-likeness (QED) is 0.135. The first-order valence-electron chi connectivity index (χ1n) is 13.0. The van der Waals surface area contributed by atoms with Gasteiger partial charge in [-0.3, -0.25) is 4.79 Å². The highest BCUT2D eigenvalue weighted by molar-refractivity contribution is 5.88. The molecule has 0 bridgehead atoms. The number of aliphatic hydroxyl groups is 7. The van der Waals surface area contributed by atoms with E-state index in [1.807, 2.05) is 0 Å². The Kier molecular flexibility index (Phi) is 8.41. The smallest absolute Gasteiger partial charge is 0.239 e. The number of hydrogen-bond donors (Lipinski definition) is 10. The van der Waals surface area contributed by atoms with Crippen molar-refractivity contribution in [2.75, 3.05) is 6.61 Å². The zero-order valence-electron chi connectivity index (χ0n) is 22.3. The fourth-order valence-corrected chi connectivity index (χ4v) is 4.81. The van der Waals surface area contributed by atoms with Gasteiger partial charge in [-0.1, -0.05) is 0 Å². The molecule has 0 spiro atoms. The minimum absolute atomic E-state index is 0.0447. The first-order valence-corrected chi connectivity index (χ1v) is 13.0. The molecule has 0 saturated carbocycles. The van der Waals surface area contributed by atoms with Crippen LogP contribution >= 0.6 is 0 Å². The lowest BCUT2D eigenvalue weighted by atomic mass is 9.99. The fourth-order valence-electron chi connectivity index (χ4n) is 4.81. The van der Waals surface area contributed by atoms with Crippen molar-refractivity contribution < 1.29 is 74.4 Å². The zero-order valence-corrected chi connectivity index (χ0v) is 22.3. The lowest BCUT2D eigenvalue weighted by Crippen LogP contribution is -2.60. The maximum atomic E-state index is 13.7. The minimum atomic E-state index is -1.92. The number of phenolic OH excluding ortho intramolecular Hbond substituents is 3. The minimum Gasteiger partial charge on any atom is -0.507 e. The second-order valence-corrected chi connectivity index (χ2v) is 10.2. The molecule has 0 aliphatic carbocycles. The van der Waals surface area contributed by atoms with E-state index in [1.165, 1.54) is 13.0 Å². The summed E-state index contributed by atoms with van der Waals surface area (Å²) in [6.07, 6.45) is -15.9. The second kappa shape index (κ2) is 11.8. The predicted octanol–water partition coefficient (Wildman–Crippen LogP) is -2.04. The molecular formula is C27H30O16. The highest BCUT2D eigenvalue weighted by atomic mass is 16.7. The lowest BCUT2D eigenvalue weighted by Gasteiger charge is -2.39. The molecule has 3 heterocycles. The standard InChI is InChI=1S/C27H30O16/c1-8-17(32)20(35)22(37)26(39-8)40-10-5-13(31)16-14(6-10)41-24(9-2-3-11(29)12(30)4-9)25(19(16)34)43-27-23(38)21(36)18(33)15(7-28)42-27/h2-6,8,15,17-18,20-23,26-33,35-38H,7H2,1H3/t8-,15-,17-,18-,20+,21+,22+,23-,26?,27?/m1/s1. The number of benzene rings is 2. The first-order chi connectivity index (χ1) is 20.3. The Bertz CT molecular complexity index is 1540. The van der Waals surface area contributed by atoms with Crippen LogP contribution in [0, 0.1) is 0 Å². The Hall–Kier alpha value is -3.71. The molecule has 0 amide bonds. The van der Waals surface area contributed by atoms with Crippen LogP contribution in [0.1, 0.15) is 6.92 Å². The van der Waals surface area contributed by atoms with E-state index in [0.29, 0.717) is 0 Å². The summed E-state index contributed by atoms with van der Waals surface area (Å²) in [7, 11) is 0. The van der Waals surface area contributed by atoms with Gasteiger partial charge in [-0.2, -0.15) is 0 Å². The number of aromatic hydroxyl groups is 3. The summed E-state index contributed by atoms with van der Waals surface area (Å²) in [5, 5.41) is 101. The van der Waals surface area contributed by atoms with Crippen molar-refractivity contribution in [3.63, 3.8) is 0 Å². The van der Waals surface area contributed by atoms with E-state index >= 15 is 0 Å². The molecule has 16 nitrogen and oxygen atoms in total. The van der Waals surface area contributed by atoms with Gasteiger partial charge in [0.15, 0.2) is 17.3 Å². The van der Waals surface area contributed by atoms with Gasteiger partial charge in [0, 0.05) is 17.7 Å². The van der Waals surface area contributed by atoms with Gasteiger partial charge in [-0.25, -0.2) is 0 Å². The second-order valence-electron chi connectivity index (χ2n) is 10.2. The normalized spacial score (nSPS) is 32.9. The van der Waals surface area contributed by atoms with E-state index in [4.69, 9.17) is 23.4 Å². The SMILES string of the molecule is C[C@H]1OC(Oc2cc(O)c3c(=O)c(OC4O[C@H](CO)[C@@H](O)[C@H](O)[C@H]4O)c(-c4ccc(O)c(O)c4)oc3c2)[C@@H](O)[C@@H](O)[C@@H]1O. The number of hydrogen-bond acceptors (Lipinski definition) is 16. The molecule has 1 aromatic heterocycles. The fraction of sp³-hybridized carbons (Fsp3) is 0.444. The molecule has 2 fully saturated rings. The third kappa shape index (κ3) is 5.55. The summed E-state index contributed by atoms with van der Waals surface area (Å²) >= 11 is 0. The van der Waals surface area contributed by atoms with Crippen molar-refractivity contribution >= 4 is 11.0 Å². The van der Waals surface area contributed by atoms with Crippen LogP contribution in [0.3, 0.4) is 0 Å². The predicted molar refractivity (Wildman–Crippen MR) is 140 cm³/mol. The highest BCUT2D eigenvalue weighted by Gasteiger charge is 2.46. The molecular weight excluding hydrogens is 580 g/mol. The molecule has 2 unspecified atom stereocenters. The lowest BCUT2D eigenvalue weighted by molar-refractivity contribution is -0.277. The van der Waals surface area contributed by atoms with E-state index in [0.717, 1.165) is 24.3 Å². The topological polar surface area (TPSA) is 269 Å². The maximum absolute atomic E-state index is 13.7. The number of aliphatic hydroxyl groups excluding tert-OH is 7. The first kappa shape index (κ1) is 30.7. The van der Waals surface area contributed by atoms with E-state index in [9.17, 15) is 55.9 Å². The van der Waals surface area contributed by atoms with Gasteiger partial charge in [0.25, 0.3) is 0 Å². The third-order valence-electron chi connectivity index (χ3n) is 7.29. The van der Waals surface area contributed by atoms with Gasteiger partial charge in [0.05, 0.1) is 12.7 Å². The molecule has 234 valence electrons. The average molecular weight is 611 g/mol. The molecule has 10 atom stereocenters. The van der Waals surface area contributed by atoms with Gasteiger partial charge in [-0.15, -0.1) is 0 Å². The van der Waals surface area contributed by atoms with E-state index < -0.39 is 108 Å².